The third kappa shape index (κ3) is 4.74. The van der Waals surface area contributed by atoms with Crippen LogP contribution in [0.15, 0.2) is 48.5 Å². The number of halogens is 3. The lowest BCUT2D eigenvalue weighted by Gasteiger charge is -2.16. The minimum absolute atomic E-state index is 0.0869. The van der Waals surface area contributed by atoms with E-state index in [-0.39, 0.29) is 18.1 Å². The van der Waals surface area contributed by atoms with Crippen LogP contribution in [-0.2, 0) is 17.4 Å². The molecule has 0 saturated carbocycles. The molecular weight excluding hydrogens is 307 g/mol. The lowest BCUT2D eigenvalue weighted by atomic mass is 10.0. The maximum absolute atomic E-state index is 12.7. The van der Waals surface area contributed by atoms with Gasteiger partial charge in [-0.05, 0) is 42.3 Å². The molecule has 0 spiro atoms. The largest absolute Gasteiger partial charge is 0.508 e. The van der Waals surface area contributed by atoms with Gasteiger partial charge in [0.05, 0.1) is 18.0 Å². The zero-order valence-corrected chi connectivity index (χ0v) is 12.4. The summed E-state index contributed by atoms with van der Waals surface area (Å²) >= 11 is 0. The summed E-state index contributed by atoms with van der Waals surface area (Å²) in [6.45, 7) is 1.63. The summed E-state index contributed by atoms with van der Waals surface area (Å²) in [7, 11) is 0. The van der Waals surface area contributed by atoms with Crippen molar-refractivity contribution in [2.24, 2.45) is 0 Å². The molecule has 1 atom stereocenters. The van der Waals surface area contributed by atoms with Crippen molar-refractivity contribution in [3.63, 3.8) is 0 Å². The Morgan fingerprint density at radius 1 is 1.17 bits per heavy atom. The monoisotopic (exact) mass is 323 g/mol. The van der Waals surface area contributed by atoms with Gasteiger partial charge in [0.15, 0.2) is 0 Å². The summed E-state index contributed by atoms with van der Waals surface area (Å²) in [6, 6.07) is 10.5. The van der Waals surface area contributed by atoms with Gasteiger partial charge in [0.25, 0.3) is 0 Å². The van der Waals surface area contributed by atoms with Crippen LogP contribution in [0.25, 0.3) is 0 Å². The molecule has 0 aliphatic rings. The van der Waals surface area contributed by atoms with Crippen molar-refractivity contribution in [1.82, 2.24) is 5.32 Å². The number of alkyl halides is 3. The van der Waals surface area contributed by atoms with Gasteiger partial charge in [0, 0.05) is 0 Å². The van der Waals surface area contributed by atoms with E-state index in [1.807, 2.05) is 0 Å². The molecule has 0 bridgehead atoms. The molecule has 2 aromatic carbocycles. The predicted octanol–water partition coefficient (Wildman–Crippen LogP) is 3.83. The second-order valence-corrected chi connectivity index (χ2v) is 5.26. The van der Waals surface area contributed by atoms with Crippen LogP contribution in [0.2, 0.25) is 0 Å². The van der Waals surface area contributed by atoms with Crippen molar-refractivity contribution in [3.05, 3.63) is 65.2 Å². The van der Waals surface area contributed by atoms with E-state index in [1.54, 1.807) is 25.1 Å². The van der Waals surface area contributed by atoms with E-state index in [1.165, 1.54) is 18.2 Å². The van der Waals surface area contributed by atoms with Gasteiger partial charge in [-0.15, -0.1) is 0 Å². The highest BCUT2D eigenvalue weighted by Gasteiger charge is 2.30. The molecule has 2 N–H and O–H groups in total. The number of phenols is 1. The number of nitrogens with one attached hydrogen (secondary N) is 1. The fourth-order valence-corrected chi connectivity index (χ4v) is 2.16. The first-order valence-electron chi connectivity index (χ1n) is 7.00. The van der Waals surface area contributed by atoms with Crippen LogP contribution in [0.4, 0.5) is 13.2 Å². The normalized spacial score (nSPS) is 12.7. The van der Waals surface area contributed by atoms with E-state index < -0.39 is 17.8 Å². The van der Waals surface area contributed by atoms with Crippen LogP contribution in [-0.4, -0.2) is 11.0 Å². The molecule has 1 unspecified atom stereocenters. The standard InChI is InChI=1S/C17H16F3NO2/c1-11(13-3-2-4-14(10-13)17(18,19)20)21-16(23)9-12-5-7-15(22)8-6-12/h2-8,10-11,22H,9H2,1H3,(H,21,23). The Kier molecular flexibility index (Phi) is 4.93. The van der Waals surface area contributed by atoms with Crippen LogP contribution in [0.1, 0.15) is 29.7 Å². The second kappa shape index (κ2) is 6.73. The third-order valence-corrected chi connectivity index (χ3v) is 3.39. The minimum atomic E-state index is -4.41. The third-order valence-electron chi connectivity index (χ3n) is 3.39. The Morgan fingerprint density at radius 3 is 2.43 bits per heavy atom. The number of phenolic OH excluding ortho intramolecular Hbond substituents is 1. The first-order chi connectivity index (χ1) is 10.8. The highest BCUT2D eigenvalue weighted by atomic mass is 19.4. The average Bonchev–Trinajstić information content (AvgIpc) is 2.49. The number of carbonyl (C=O) groups excluding carboxylic acids is 1. The summed E-state index contributed by atoms with van der Waals surface area (Å²) in [6.07, 6.45) is -4.32. The summed E-state index contributed by atoms with van der Waals surface area (Å²) in [4.78, 5) is 12.0. The summed E-state index contributed by atoms with van der Waals surface area (Å²) < 4.78 is 38.1. The molecule has 0 saturated heterocycles. The molecule has 0 radical (unpaired) electrons. The number of amides is 1. The van der Waals surface area contributed by atoms with Crippen molar-refractivity contribution in [2.75, 3.05) is 0 Å². The van der Waals surface area contributed by atoms with Gasteiger partial charge in [-0.25, -0.2) is 0 Å². The topological polar surface area (TPSA) is 49.3 Å². The molecule has 0 aliphatic heterocycles. The summed E-state index contributed by atoms with van der Waals surface area (Å²) in [5, 5.41) is 11.9. The Bertz CT molecular complexity index is 681. The number of carbonyl (C=O) groups is 1. The molecule has 1 amide bonds. The lowest BCUT2D eigenvalue weighted by molar-refractivity contribution is -0.137. The number of hydrogen-bond donors (Lipinski definition) is 2. The number of rotatable bonds is 4. The quantitative estimate of drug-likeness (QED) is 0.898. The maximum Gasteiger partial charge on any atom is 0.416 e. The minimum Gasteiger partial charge on any atom is -0.508 e. The van der Waals surface area contributed by atoms with E-state index in [9.17, 15) is 23.1 Å². The molecule has 23 heavy (non-hydrogen) atoms. The van der Waals surface area contributed by atoms with Gasteiger partial charge >= 0.3 is 6.18 Å². The SMILES string of the molecule is CC(NC(=O)Cc1ccc(O)cc1)c1cccc(C(F)(F)F)c1. The fraction of sp³-hybridized carbons (Fsp3) is 0.235. The molecular formula is C17H16F3NO2. The van der Waals surface area contributed by atoms with Crippen LogP contribution >= 0.6 is 0 Å². The molecule has 122 valence electrons. The molecule has 2 rings (SSSR count). The number of hydrogen-bond acceptors (Lipinski definition) is 2. The average molecular weight is 323 g/mol. The van der Waals surface area contributed by atoms with Crippen LogP contribution in [0.5, 0.6) is 5.75 Å². The smallest absolute Gasteiger partial charge is 0.416 e. The van der Waals surface area contributed by atoms with E-state index >= 15 is 0 Å². The molecule has 0 aliphatic carbocycles. The predicted molar refractivity (Wildman–Crippen MR) is 79.8 cm³/mol. The molecule has 0 fully saturated rings. The first kappa shape index (κ1) is 16.9. The van der Waals surface area contributed by atoms with Crippen LogP contribution in [0.3, 0.4) is 0 Å². The molecule has 0 heterocycles. The fourth-order valence-electron chi connectivity index (χ4n) is 2.16. The van der Waals surface area contributed by atoms with Gasteiger partial charge in [0.2, 0.25) is 5.91 Å². The summed E-state index contributed by atoms with van der Waals surface area (Å²) in [5.74, 6) is -0.202. The Balaban J connectivity index is 2.02. The zero-order chi connectivity index (χ0) is 17.0. The van der Waals surface area contributed by atoms with E-state index in [2.05, 4.69) is 5.32 Å². The Hall–Kier alpha value is -2.50. The van der Waals surface area contributed by atoms with Crippen molar-refractivity contribution < 1.29 is 23.1 Å². The highest BCUT2D eigenvalue weighted by Crippen LogP contribution is 2.30. The van der Waals surface area contributed by atoms with Gasteiger partial charge < -0.3 is 10.4 Å². The van der Waals surface area contributed by atoms with E-state index in [0.29, 0.717) is 11.1 Å². The maximum atomic E-state index is 12.7. The van der Waals surface area contributed by atoms with Gasteiger partial charge in [-0.3, -0.25) is 4.79 Å². The Morgan fingerprint density at radius 2 is 1.83 bits per heavy atom. The van der Waals surface area contributed by atoms with E-state index in [4.69, 9.17) is 0 Å². The number of benzene rings is 2. The van der Waals surface area contributed by atoms with Crippen molar-refractivity contribution in [2.45, 2.75) is 25.6 Å². The van der Waals surface area contributed by atoms with Gasteiger partial charge in [-0.1, -0.05) is 24.3 Å². The van der Waals surface area contributed by atoms with Crippen molar-refractivity contribution in [1.29, 1.82) is 0 Å². The summed E-state index contributed by atoms with van der Waals surface area (Å²) in [5.41, 5.74) is 0.352. The lowest BCUT2D eigenvalue weighted by Crippen LogP contribution is -2.28. The van der Waals surface area contributed by atoms with Gasteiger partial charge in [0.1, 0.15) is 5.75 Å². The molecule has 0 aromatic heterocycles. The van der Waals surface area contributed by atoms with Crippen LogP contribution in [0, 0.1) is 0 Å². The zero-order valence-electron chi connectivity index (χ0n) is 12.4. The molecule has 2 aromatic rings. The molecule has 3 nitrogen and oxygen atoms in total. The van der Waals surface area contributed by atoms with Crippen molar-refractivity contribution in [3.8, 4) is 5.75 Å². The van der Waals surface area contributed by atoms with Crippen LogP contribution < -0.4 is 5.32 Å². The van der Waals surface area contributed by atoms with E-state index in [0.717, 1.165) is 12.1 Å². The first-order valence-corrected chi connectivity index (χ1v) is 7.00. The number of aromatic hydroxyl groups is 1. The van der Waals surface area contributed by atoms with Crippen molar-refractivity contribution >= 4 is 5.91 Å². The highest BCUT2D eigenvalue weighted by molar-refractivity contribution is 5.79. The Labute approximate surface area is 131 Å². The molecule has 6 heteroatoms. The van der Waals surface area contributed by atoms with Gasteiger partial charge in [-0.2, -0.15) is 13.2 Å². The second-order valence-electron chi connectivity index (χ2n) is 5.26.